The number of aromatic nitrogens is 5. The van der Waals surface area contributed by atoms with Crippen molar-refractivity contribution < 1.29 is 5.11 Å². The highest BCUT2D eigenvalue weighted by Crippen LogP contribution is 2.35. The van der Waals surface area contributed by atoms with Gasteiger partial charge in [0.15, 0.2) is 0 Å². The molecule has 4 aromatic heterocycles. The topological polar surface area (TPSA) is 90.5 Å². The number of aromatic hydroxyl groups is 1. The van der Waals surface area contributed by atoms with Crippen LogP contribution in [0, 0.1) is 0 Å². The number of aromatic amines is 2. The molecule has 6 rings (SSSR count). The van der Waals surface area contributed by atoms with Crippen molar-refractivity contribution in [1.29, 1.82) is 0 Å². The Morgan fingerprint density at radius 2 is 1.61 bits per heavy atom. The number of H-pyrrole nitrogens is 2. The monoisotopic (exact) mass is 403 g/mol. The summed E-state index contributed by atoms with van der Waals surface area (Å²) in [5.74, 6) is 0.143. The summed E-state index contributed by atoms with van der Waals surface area (Å²) in [6.07, 6.45) is 6.78. The molecule has 0 amide bonds. The average molecular weight is 403 g/mol. The normalized spacial score (nSPS) is 11.4. The fraction of sp³-hybridized carbons (Fsp3) is 0. The zero-order chi connectivity index (χ0) is 20.8. The minimum Gasteiger partial charge on any atom is -0.506 e. The Balaban J connectivity index is 1.51. The summed E-state index contributed by atoms with van der Waals surface area (Å²) in [7, 11) is 0. The zero-order valence-electron chi connectivity index (χ0n) is 16.4. The standard InChI is InChI=1S/C25H17N5O/c31-18-10-17(13-27-14-18)16-4-5-23-21(11-16)25(30-29-23)24-12-20-19(2-1-3-22(20)28-24)15-6-8-26-9-7-15/h1-14,28,31H,(H,29,30). The molecule has 2 aromatic carbocycles. The molecule has 0 unspecified atom stereocenters. The second-order valence-corrected chi connectivity index (χ2v) is 7.45. The first kappa shape index (κ1) is 17.4. The lowest BCUT2D eigenvalue weighted by molar-refractivity contribution is 0.473. The highest BCUT2D eigenvalue weighted by atomic mass is 16.3. The SMILES string of the molecule is Oc1cncc(-c2ccc3[nH]nc(-c4cc5c(-c6ccncc6)cccc5[nH]4)c3c2)c1. The molecule has 0 aliphatic carbocycles. The van der Waals surface area contributed by atoms with Gasteiger partial charge in [-0.1, -0.05) is 18.2 Å². The maximum absolute atomic E-state index is 9.79. The average Bonchev–Trinajstić information content (AvgIpc) is 3.43. The van der Waals surface area contributed by atoms with Gasteiger partial charge in [-0.2, -0.15) is 5.10 Å². The van der Waals surface area contributed by atoms with Crippen LogP contribution in [0.2, 0.25) is 0 Å². The molecule has 0 radical (unpaired) electrons. The predicted molar refractivity (Wildman–Crippen MR) is 122 cm³/mol. The molecular formula is C25H17N5O. The second-order valence-electron chi connectivity index (χ2n) is 7.45. The molecule has 0 atom stereocenters. The summed E-state index contributed by atoms with van der Waals surface area (Å²) in [4.78, 5) is 11.7. The fourth-order valence-corrected chi connectivity index (χ4v) is 4.05. The number of nitrogens with one attached hydrogen (secondary N) is 2. The minimum absolute atomic E-state index is 0.143. The first-order chi connectivity index (χ1) is 15.3. The number of fused-ring (bicyclic) bond motifs is 2. The largest absolute Gasteiger partial charge is 0.506 e. The molecule has 3 N–H and O–H groups in total. The lowest BCUT2D eigenvalue weighted by Gasteiger charge is -2.03. The Morgan fingerprint density at radius 1 is 0.710 bits per heavy atom. The van der Waals surface area contributed by atoms with Gasteiger partial charge in [-0.15, -0.1) is 0 Å². The van der Waals surface area contributed by atoms with Crippen molar-refractivity contribution in [2.45, 2.75) is 0 Å². The summed E-state index contributed by atoms with van der Waals surface area (Å²) in [5, 5.41) is 19.6. The Morgan fingerprint density at radius 3 is 2.48 bits per heavy atom. The van der Waals surface area contributed by atoms with Gasteiger partial charge in [0.1, 0.15) is 11.4 Å². The summed E-state index contributed by atoms with van der Waals surface area (Å²) < 4.78 is 0. The summed E-state index contributed by atoms with van der Waals surface area (Å²) in [5.41, 5.74) is 7.87. The van der Waals surface area contributed by atoms with Crippen molar-refractivity contribution in [1.82, 2.24) is 25.1 Å². The molecule has 0 aliphatic heterocycles. The van der Waals surface area contributed by atoms with E-state index in [-0.39, 0.29) is 5.75 Å². The van der Waals surface area contributed by atoms with E-state index < -0.39 is 0 Å². The first-order valence-electron chi connectivity index (χ1n) is 9.91. The first-order valence-corrected chi connectivity index (χ1v) is 9.91. The van der Waals surface area contributed by atoms with Crippen LogP contribution in [0.4, 0.5) is 0 Å². The van der Waals surface area contributed by atoms with E-state index in [4.69, 9.17) is 0 Å². The van der Waals surface area contributed by atoms with Crippen LogP contribution in [0.25, 0.3) is 55.4 Å². The van der Waals surface area contributed by atoms with E-state index in [9.17, 15) is 5.11 Å². The molecule has 6 aromatic rings. The fourth-order valence-electron chi connectivity index (χ4n) is 4.05. The number of rotatable bonds is 3. The lowest BCUT2D eigenvalue weighted by atomic mass is 10.0. The van der Waals surface area contributed by atoms with Crippen molar-refractivity contribution in [2.75, 3.05) is 0 Å². The Hall–Kier alpha value is -4.45. The number of nitrogens with zero attached hydrogens (tertiary/aromatic N) is 3. The van der Waals surface area contributed by atoms with Crippen molar-refractivity contribution in [3.63, 3.8) is 0 Å². The molecule has 6 heteroatoms. The van der Waals surface area contributed by atoms with Gasteiger partial charge in [0.25, 0.3) is 0 Å². The van der Waals surface area contributed by atoms with Gasteiger partial charge in [-0.3, -0.25) is 15.1 Å². The summed E-state index contributed by atoms with van der Waals surface area (Å²) >= 11 is 0. The van der Waals surface area contributed by atoms with Gasteiger partial charge in [0.2, 0.25) is 0 Å². The molecule has 0 saturated carbocycles. The molecular weight excluding hydrogens is 386 g/mol. The van der Waals surface area contributed by atoms with Crippen LogP contribution in [0.15, 0.2) is 85.5 Å². The zero-order valence-corrected chi connectivity index (χ0v) is 16.4. The van der Waals surface area contributed by atoms with Crippen LogP contribution in [0.3, 0.4) is 0 Å². The number of pyridine rings is 2. The van der Waals surface area contributed by atoms with Crippen molar-refractivity contribution in [3.05, 3.63) is 85.5 Å². The molecule has 0 fully saturated rings. The van der Waals surface area contributed by atoms with E-state index in [1.165, 1.54) is 6.20 Å². The quantitative estimate of drug-likeness (QED) is 0.362. The summed E-state index contributed by atoms with van der Waals surface area (Å²) in [6.45, 7) is 0. The highest BCUT2D eigenvalue weighted by Gasteiger charge is 2.14. The van der Waals surface area contributed by atoms with Crippen molar-refractivity contribution >= 4 is 21.8 Å². The third kappa shape index (κ3) is 2.93. The van der Waals surface area contributed by atoms with E-state index in [0.29, 0.717) is 0 Å². The van der Waals surface area contributed by atoms with Gasteiger partial charge in [-0.05, 0) is 59.2 Å². The van der Waals surface area contributed by atoms with Crippen LogP contribution in [0.1, 0.15) is 0 Å². The lowest BCUT2D eigenvalue weighted by Crippen LogP contribution is -1.81. The van der Waals surface area contributed by atoms with Gasteiger partial charge in [0.05, 0.1) is 17.4 Å². The van der Waals surface area contributed by atoms with Gasteiger partial charge in [-0.25, -0.2) is 0 Å². The van der Waals surface area contributed by atoms with Crippen LogP contribution in [-0.4, -0.2) is 30.3 Å². The van der Waals surface area contributed by atoms with E-state index >= 15 is 0 Å². The Kier molecular flexibility index (Phi) is 3.83. The highest BCUT2D eigenvalue weighted by molar-refractivity contribution is 6.01. The Labute approximate surface area is 177 Å². The predicted octanol–water partition coefficient (Wildman–Crippen LogP) is 5.54. The van der Waals surface area contributed by atoms with Gasteiger partial charge >= 0.3 is 0 Å². The minimum atomic E-state index is 0.143. The third-order valence-corrected chi connectivity index (χ3v) is 5.53. The molecule has 0 bridgehead atoms. The van der Waals surface area contributed by atoms with Crippen molar-refractivity contribution in [2.24, 2.45) is 0 Å². The van der Waals surface area contributed by atoms with Crippen LogP contribution < -0.4 is 0 Å². The smallest absolute Gasteiger partial charge is 0.134 e. The van der Waals surface area contributed by atoms with Gasteiger partial charge in [0, 0.05) is 40.4 Å². The number of hydrogen-bond donors (Lipinski definition) is 3. The molecule has 0 aliphatic rings. The van der Waals surface area contributed by atoms with Crippen LogP contribution in [-0.2, 0) is 0 Å². The molecule has 4 heterocycles. The third-order valence-electron chi connectivity index (χ3n) is 5.53. The molecule has 0 saturated heterocycles. The van der Waals surface area contributed by atoms with E-state index in [2.05, 4.69) is 49.4 Å². The van der Waals surface area contributed by atoms with Crippen LogP contribution >= 0.6 is 0 Å². The van der Waals surface area contributed by atoms with Gasteiger partial charge < -0.3 is 10.1 Å². The molecule has 0 spiro atoms. The van der Waals surface area contributed by atoms with E-state index in [1.54, 1.807) is 24.7 Å². The van der Waals surface area contributed by atoms with E-state index in [0.717, 1.165) is 55.4 Å². The maximum atomic E-state index is 9.79. The number of benzene rings is 2. The molecule has 31 heavy (non-hydrogen) atoms. The second kappa shape index (κ2) is 6.81. The maximum Gasteiger partial charge on any atom is 0.134 e. The van der Waals surface area contributed by atoms with Crippen LogP contribution in [0.5, 0.6) is 5.75 Å². The number of hydrogen-bond acceptors (Lipinski definition) is 4. The molecule has 148 valence electrons. The Bertz CT molecular complexity index is 1550. The molecule has 6 nitrogen and oxygen atoms in total. The van der Waals surface area contributed by atoms with E-state index in [1.807, 2.05) is 30.3 Å². The summed E-state index contributed by atoms with van der Waals surface area (Å²) in [6, 6.07) is 20.2. The van der Waals surface area contributed by atoms with Crippen molar-refractivity contribution in [3.8, 4) is 39.4 Å².